The number of aromatic nitrogens is 5. The minimum Gasteiger partial charge on any atom is -0.324 e. The number of hydrogen-bond acceptors (Lipinski definition) is 5. The molecule has 192 valence electrons. The van der Waals surface area contributed by atoms with Crippen molar-refractivity contribution in [3.8, 4) is 11.5 Å². The highest BCUT2D eigenvalue weighted by Crippen LogP contribution is 2.44. The van der Waals surface area contributed by atoms with Crippen molar-refractivity contribution in [1.82, 2.24) is 24.3 Å². The molecule has 0 saturated heterocycles. The monoisotopic (exact) mass is 531 g/mol. The Bertz CT molecular complexity index is 1410. The molecule has 4 heterocycles. The topological polar surface area (TPSA) is 82.7 Å². The lowest BCUT2D eigenvalue weighted by atomic mass is 9.98. The predicted molar refractivity (Wildman–Crippen MR) is 105 cm³/mol. The van der Waals surface area contributed by atoms with Crippen LogP contribution in [0.5, 0.6) is 0 Å². The van der Waals surface area contributed by atoms with Crippen LogP contribution in [0, 0.1) is 5.92 Å². The highest BCUT2D eigenvalue weighted by Gasteiger charge is 2.60. The Morgan fingerprint density at radius 1 is 1.11 bits per heavy atom. The molecule has 35 heavy (non-hydrogen) atoms. The van der Waals surface area contributed by atoms with Crippen LogP contribution in [0.15, 0.2) is 17.2 Å². The smallest absolute Gasteiger partial charge is 0.324 e. The molecule has 0 aliphatic carbocycles. The van der Waals surface area contributed by atoms with Gasteiger partial charge in [-0.05, 0) is 18.9 Å². The van der Waals surface area contributed by atoms with Crippen LogP contribution in [-0.4, -0.2) is 50.8 Å². The Morgan fingerprint density at radius 3 is 2.34 bits per heavy atom. The highest BCUT2D eigenvalue weighted by atomic mass is 32.2. The average molecular weight is 531 g/mol. The standard InChI is InChI=1S/C19H17F8N5O2S/c1-3-35(33,34)15-11-5-4-9(18(22,23)24)8-32(11)30-14(15)16-29-10-6-13(17(20,21)19(25,26)27)28-7-12(10)31(16)2/h6-7,9H,3-5,8H2,1-2H3. The van der Waals surface area contributed by atoms with Crippen LogP contribution in [-0.2, 0) is 35.8 Å². The van der Waals surface area contributed by atoms with E-state index in [4.69, 9.17) is 0 Å². The van der Waals surface area contributed by atoms with Crippen LogP contribution in [0.25, 0.3) is 22.6 Å². The Kier molecular flexibility index (Phi) is 5.69. The van der Waals surface area contributed by atoms with Crippen molar-refractivity contribution in [2.75, 3.05) is 5.75 Å². The third-order valence-electron chi connectivity index (χ3n) is 5.94. The summed E-state index contributed by atoms with van der Waals surface area (Å²) < 4.78 is 133. The summed E-state index contributed by atoms with van der Waals surface area (Å²) in [7, 11) is -2.71. The van der Waals surface area contributed by atoms with E-state index in [1.807, 2.05) is 0 Å². The molecule has 0 spiro atoms. The van der Waals surface area contributed by atoms with Crippen molar-refractivity contribution in [2.24, 2.45) is 13.0 Å². The molecular formula is C19H17F8N5O2S. The van der Waals surface area contributed by atoms with Gasteiger partial charge in [0.15, 0.2) is 15.7 Å². The average Bonchev–Trinajstić information content (AvgIpc) is 3.29. The Morgan fingerprint density at radius 2 is 1.77 bits per heavy atom. The number of fused-ring (bicyclic) bond motifs is 2. The van der Waals surface area contributed by atoms with E-state index in [9.17, 15) is 43.5 Å². The number of imidazole rings is 1. The van der Waals surface area contributed by atoms with Crippen molar-refractivity contribution in [2.45, 2.75) is 49.5 Å². The minimum atomic E-state index is -5.91. The maximum absolute atomic E-state index is 13.8. The van der Waals surface area contributed by atoms with Gasteiger partial charge in [-0.25, -0.2) is 13.4 Å². The number of halogens is 8. The zero-order valence-corrected chi connectivity index (χ0v) is 18.9. The van der Waals surface area contributed by atoms with Crippen LogP contribution in [0.4, 0.5) is 35.1 Å². The molecule has 1 aliphatic rings. The summed E-state index contributed by atoms with van der Waals surface area (Å²) in [5.74, 6) is -7.66. The zero-order chi connectivity index (χ0) is 26.1. The lowest BCUT2D eigenvalue weighted by Gasteiger charge is -2.25. The first-order valence-corrected chi connectivity index (χ1v) is 11.8. The predicted octanol–water partition coefficient (Wildman–Crippen LogP) is 4.40. The first-order valence-electron chi connectivity index (χ1n) is 10.2. The van der Waals surface area contributed by atoms with Gasteiger partial charge >= 0.3 is 18.3 Å². The first kappa shape index (κ1) is 25.3. The molecule has 0 N–H and O–H groups in total. The molecule has 1 aliphatic heterocycles. The summed E-state index contributed by atoms with van der Waals surface area (Å²) in [6.07, 6.45) is -10.3. The van der Waals surface area contributed by atoms with Crippen LogP contribution in [0.1, 0.15) is 24.7 Å². The summed E-state index contributed by atoms with van der Waals surface area (Å²) in [4.78, 5) is 6.88. The lowest BCUT2D eigenvalue weighted by Crippen LogP contribution is -2.34. The Hall–Kier alpha value is -2.78. The maximum atomic E-state index is 13.8. The molecule has 0 saturated carbocycles. The molecule has 7 nitrogen and oxygen atoms in total. The summed E-state index contributed by atoms with van der Waals surface area (Å²) in [5.41, 5.74) is -2.24. The summed E-state index contributed by atoms with van der Waals surface area (Å²) in [6.45, 7) is 0.702. The van der Waals surface area contributed by atoms with Crippen molar-refractivity contribution >= 4 is 20.9 Å². The third kappa shape index (κ3) is 4.04. The number of alkyl halides is 8. The van der Waals surface area contributed by atoms with E-state index < -0.39 is 52.0 Å². The summed E-state index contributed by atoms with van der Waals surface area (Å²) in [5, 5.41) is 4.07. The van der Waals surface area contributed by atoms with Gasteiger partial charge in [-0.1, -0.05) is 6.92 Å². The zero-order valence-electron chi connectivity index (χ0n) is 18.0. The molecule has 1 atom stereocenters. The molecule has 3 aromatic heterocycles. The highest BCUT2D eigenvalue weighted by molar-refractivity contribution is 7.91. The second kappa shape index (κ2) is 7.86. The van der Waals surface area contributed by atoms with Gasteiger partial charge in [-0.2, -0.15) is 40.2 Å². The van der Waals surface area contributed by atoms with E-state index in [1.165, 1.54) is 18.5 Å². The minimum absolute atomic E-state index is 0.0132. The van der Waals surface area contributed by atoms with Crippen molar-refractivity contribution in [3.63, 3.8) is 0 Å². The van der Waals surface area contributed by atoms with Gasteiger partial charge in [-0.15, -0.1) is 0 Å². The van der Waals surface area contributed by atoms with Gasteiger partial charge in [-0.3, -0.25) is 9.67 Å². The van der Waals surface area contributed by atoms with E-state index in [-0.39, 0.29) is 46.0 Å². The molecule has 16 heteroatoms. The van der Waals surface area contributed by atoms with Gasteiger partial charge in [0, 0.05) is 7.05 Å². The number of sulfone groups is 1. The summed E-state index contributed by atoms with van der Waals surface area (Å²) >= 11 is 0. The van der Waals surface area contributed by atoms with Crippen LogP contribution in [0.2, 0.25) is 0 Å². The molecule has 0 amide bonds. The van der Waals surface area contributed by atoms with Gasteiger partial charge in [0.1, 0.15) is 16.3 Å². The number of nitrogens with zero attached hydrogens (tertiary/aromatic N) is 5. The number of rotatable bonds is 4. The van der Waals surface area contributed by atoms with Gasteiger partial charge in [0.05, 0.1) is 41.1 Å². The molecular weight excluding hydrogens is 514 g/mol. The van der Waals surface area contributed by atoms with Crippen molar-refractivity contribution < 1.29 is 43.5 Å². The molecule has 0 radical (unpaired) electrons. The number of pyridine rings is 1. The molecule has 0 aromatic carbocycles. The number of aryl methyl sites for hydroxylation is 1. The molecule has 1 unspecified atom stereocenters. The molecule has 4 rings (SSSR count). The fourth-order valence-electron chi connectivity index (χ4n) is 3.99. The van der Waals surface area contributed by atoms with Crippen LogP contribution in [0.3, 0.4) is 0 Å². The number of hydrogen-bond donors (Lipinski definition) is 0. The van der Waals surface area contributed by atoms with Crippen LogP contribution >= 0.6 is 0 Å². The largest absolute Gasteiger partial charge is 0.459 e. The quantitative estimate of drug-likeness (QED) is 0.466. The van der Waals surface area contributed by atoms with Gasteiger partial charge < -0.3 is 4.57 Å². The van der Waals surface area contributed by atoms with Gasteiger partial charge in [0.2, 0.25) is 0 Å². The lowest BCUT2D eigenvalue weighted by molar-refractivity contribution is -0.290. The fraction of sp³-hybridized carbons (Fsp3) is 0.526. The Labute approximate surface area is 192 Å². The van der Waals surface area contributed by atoms with E-state index in [0.717, 1.165) is 10.9 Å². The van der Waals surface area contributed by atoms with E-state index >= 15 is 0 Å². The van der Waals surface area contributed by atoms with E-state index in [1.54, 1.807) is 0 Å². The maximum Gasteiger partial charge on any atom is 0.459 e. The third-order valence-corrected chi connectivity index (χ3v) is 7.75. The Balaban J connectivity index is 1.91. The van der Waals surface area contributed by atoms with Crippen molar-refractivity contribution in [3.05, 3.63) is 23.7 Å². The van der Waals surface area contributed by atoms with Crippen LogP contribution < -0.4 is 0 Å². The fourth-order valence-corrected chi connectivity index (χ4v) is 5.27. The first-order chi connectivity index (χ1) is 16.0. The second-order valence-corrected chi connectivity index (χ2v) is 10.3. The second-order valence-electron chi connectivity index (χ2n) is 8.11. The van der Waals surface area contributed by atoms with E-state index in [2.05, 4.69) is 15.1 Å². The SMILES string of the molecule is CCS(=O)(=O)c1c(-c2nc3cc(C(F)(F)C(F)(F)F)ncc3n2C)nn2c1CCC(C(F)(F)F)C2. The molecule has 0 bridgehead atoms. The van der Waals surface area contributed by atoms with Gasteiger partial charge in [0.25, 0.3) is 0 Å². The summed E-state index contributed by atoms with van der Waals surface area (Å²) in [6, 6.07) is 0.427. The molecule has 3 aromatic rings. The normalized spacial score (nSPS) is 17.7. The van der Waals surface area contributed by atoms with E-state index in [0.29, 0.717) is 6.07 Å². The molecule has 0 fully saturated rings. The van der Waals surface area contributed by atoms with Crippen molar-refractivity contribution in [1.29, 1.82) is 0 Å².